The monoisotopic (exact) mass is 225 g/mol. The van der Waals surface area contributed by atoms with Crippen LogP contribution in [-0.2, 0) is 6.42 Å². The SMILES string of the molecule is NCCc1c(Cl)nc(Cl)nc1Cl. The van der Waals surface area contributed by atoms with Crippen molar-refractivity contribution in [3.05, 3.63) is 21.2 Å². The van der Waals surface area contributed by atoms with Gasteiger partial charge in [0.05, 0.1) is 0 Å². The van der Waals surface area contributed by atoms with Gasteiger partial charge in [-0.05, 0) is 24.6 Å². The molecule has 12 heavy (non-hydrogen) atoms. The van der Waals surface area contributed by atoms with Crippen LogP contribution in [0, 0.1) is 0 Å². The van der Waals surface area contributed by atoms with Gasteiger partial charge in [0.1, 0.15) is 10.3 Å². The van der Waals surface area contributed by atoms with Gasteiger partial charge in [-0.15, -0.1) is 0 Å². The third kappa shape index (κ3) is 2.20. The standard InChI is InChI=1S/C6H6Cl3N3/c7-4-3(1-2-10)5(8)12-6(9)11-4/h1-2,10H2. The van der Waals surface area contributed by atoms with Gasteiger partial charge in [-0.2, -0.15) is 0 Å². The van der Waals surface area contributed by atoms with E-state index in [2.05, 4.69) is 9.97 Å². The molecule has 0 saturated carbocycles. The maximum Gasteiger partial charge on any atom is 0.225 e. The first kappa shape index (κ1) is 9.99. The van der Waals surface area contributed by atoms with Crippen LogP contribution < -0.4 is 5.73 Å². The molecule has 0 radical (unpaired) electrons. The third-order valence-corrected chi connectivity index (χ3v) is 2.07. The largest absolute Gasteiger partial charge is 0.330 e. The van der Waals surface area contributed by atoms with Gasteiger partial charge < -0.3 is 5.73 Å². The molecule has 0 aliphatic carbocycles. The van der Waals surface area contributed by atoms with Gasteiger partial charge in [-0.3, -0.25) is 0 Å². The fourth-order valence-corrected chi connectivity index (χ4v) is 1.59. The van der Waals surface area contributed by atoms with E-state index >= 15 is 0 Å². The van der Waals surface area contributed by atoms with Crippen LogP contribution in [0.25, 0.3) is 0 Å². The zero-order chi connectivity index (χ0) is 9.14. The first-order chi connectivity index (χ1) is 5.65. The molecule has 66 valence electrons. The van der Waals surface area contributed by atoms with Crippen LogP contribution >= 0.6 is 34.8 Å². The van der Waals surface area contributed by atoms with Crippen LogP contribution in [0.1, 0.15) is 5.56 Å². The summed E-state index contributed by atoms with van der Waals surface area (Å²) in [5, 5.41) is 0.585. The van der Waals surface area contributed by atoms with Crippen LogP contribution in [0.2, 0.25) is 15.6 Å². The summed E-state index contributed by atoms with van der Waals surface area (Å²) in [7, 11) is 0. The Morgan fingerprint density at radius 3 is 2.00 bits per heavy atom. The molecule has 1 aromatic rings. The molecule has 1 aromatic heterocycles. The van der Waals surface area contributed by atoms with Crippen molar-refractivity contribution in [1.82, 2.24) is 9.97 Å². The van der Waals surface area contributed by atoms with E-state index in [9.17, 15) is 0 Å². The van der Waals surface area contributed by atoms with Gasteiger partial charge in [0.2, 0.25) is 5.28 Å². The highest BCUT2D eigenvalue weighted by Gasteiger charge is 2.09. The fourth-order valence-electron chi connectivity index (χ4n) is 0.758. The fraction of sp³-hybridized carbons (Fsp3) is 0.333. The summed E-state index contributed by atoms with van der Waals surface area (Å²) in [6.45, 7) is 0.449. The molecule has 1 heterocycles. The van der Waals surface area contributed by atoms with E-state index in [1.54, 1.807) is 0 Å². The molecule has 0 bridgehead atoms. The van der Waals surface area contributed by atoms with Gasteiger partial charge in [0.15, 0.2) is 0 Å². The molecule has 0 saturated heterocycles. The van der Waals surface area contributed by atoms with Gasteiger partial charge in [0.25, 0.3) is 0 Å². The van der Waals surface area contributed by atoms with Crippen LogP contribution in [0.15, 0.2) is 0 Å². The Labute approximate surface area is 84.9 Å². The van der Waals surface area contributed by atoms with E-state index in [0.29, 0.717) is 18.5 Å². The zero-order valence-corrected chi connectivity index (χ0v) is 8.29. The highest BCUT2D eigenvalue weighted by molar-refractivity contribution is 6.36. The minimum absolute atomic E-state index is 0.0470. The Bertz CT molecular complexity index is 266. The summed E-state index contributed by atoms with van der Waals surface area (Å²) in [5.74, 6) is 0. The van der Waals surface area contributed by atoms with E-state index in [1.165, 1.54) is 0 Å². The minimum Gasteiger partial charge on any atom is -0.330 e. The lowest BCUT2D eigenvalue weighted by atomic mass is 10.2. The Kier molecular flexibility index (Phi) is 3.53. The number of aromatic nitrogens is 2. The topological polar surface area (TPSA) is 51.8 Å². The van der Waals surface area contributed by atoms with Gasteiger partial charge >= 0.3 is 0 Å². The zero-order valence-electron chi connectivity index (χ0n) is 6.02. The molecule has 0 amide bonds. The summed E-state index contributed by atoms with van der Waals surface area (Å²) < 4.78 is 0. The van der Waals surface area contributed by atoms with E-state index in [1.807, 2.05) is 0 Å². The summed E-state index contributed by atoms with van der Waals surface area (Å²) in [5.41, 5.74) is 5.97. The predicted molar refractivity (Wildman–Crippen MR) is 49.8 cm³/mol. The number of hydrogen-bond acceptors (Lipinski definition) is 3. The number of nitrogens with two attached hydrogens (primary N) is 1. The Morgan fingerprint density at radius 2 is 1.58 bits per heavy atom. The Hall–Kier alpha value is -0.0900. The first-order valence-corrected chi connectivity index (χ1v) is 4.36. The minimum atomic E-state index is 0.0470. The lowest BCUT2D eigenvalue weighted by Gasteiger charge is -2.03. The number of nitrogens with zero attached hydrogens (tertiary/aromatic N) is 2. The van der Waals surface area contributed by atoms with Gasteiger partial charge in [0, 0.05) is 5.56 Å². The van der Waals surface area contributed by atoms with Crippen molar-refractivity contribution >= 4 is 34.8 Å². The van der Waals surface area contributed by atoms with Crippen LogP contribution in [0.3, 0.4) is 0 Å². The van der Waals surface area contributed by atoms with Gasteiger partial charge in [-0.1, -0.05) is 23.2 Å². The second kappa shape index (κ2) is 4.23. The molecule has 3 nitrogen and oxygen atoms in total. The number of rotatable bonds is 2. The third-order valence-electron chi connectivity index (χ3n) is 1.27. The maximum atomic E-state index is 5.74. The van der Waals surface area contributed by atoms with Crippen molar-refractivity contribution in [2.24, 2.45) is 5.73 Å². The average Bonchev–Trinajstić information content (AvgIpc) is 1.96. The lowest BCUT2D eigenvalue weighted by molar-refractivity contribution is 0.942. The first-order valence-electron chi connectivity index (χ1n) is 3.22. The average molecular weight is 226 g/mol. The Balaban J connectivity index is 3.10. The maximum absolute atomic E-state index is 5.74. The molecule has 1 rings (SSSR count). The molecule has 0 aliphatic rings. The van der Waals surface area contributed by atoms with Gasteiger partial charge in [-0.25, -0.2) is 9.97 Å². The lowest BCUT2D eigenvalue weighted by Crippen LogP contribution is -2.05. The number of halogens is 3. The quantitative estimate of drug-likeness (QED) is 0.619. The predicted octanol–water partition coefficient (Wildman–Crippen LogP) is 1.94. The molecule has 6 heteroatoms. The number of hydrogen-bond donors (Lipinski definition) is 1. The normalized spacial score (nSPS) is 10.3. The highest BCUT2D eigenvalue weighted by atomic mass is 35.5. The molecule has 0 fully saturated rings. The molecular weight excluding hydrogens is 220 g/mol. The van der Waals surface area contributed by atoms with Crippen LogP contribution in [0.4, 0.5) is 0 Å². The van der Waals surface area contributed by atoms with E-state index in [-0.39, 0.29) is 15.6 Å². The smallest absolute Gasteiger partial charge is 0.225 e. The van der Waals surface area contributed by atoms with Crippen molar-refractivity contribution < 1.29 is 0 Å². The van der Waals surface area contributed by atoms with Crippen LogP contribution in [-0.4, -0.2) is 16.5 Å². The summed E-state index contributed by atoms with van der Waals surface area (Å²) in [4.78, 5) is 7.47. The molecule has 0 atom stereocenters. The van der Waals surface area contributed by atoms with Crippen molar-refractivity contribution in [2.45, 2.75) is 6.42 Å². The second-order valence-corrected chi connectivity index (χ2v) is 3.15. The molecule has 0 aliphatic heterocycles. The second-order valence-electron chi connectivity index (χ2n) is 2.09. The van der Waals surface area contributed by atoms with Crippen molar-refractivity contribution in [3.8, 4) is 0 Å². The summed E-state index contributed by atoms with van der Waals surface area (Å²) in [6.07, 6.45) is 0.550. The molecule has 2 N–H and O–H groups in total. The van der Waals surface area contributed by atoms with Crippen LogP contribution in [0.5, 0.6) is 0 Å². The molecular formula is C6H6Cl3N3. The summed E-state index contributed by atoms with van der Waals surface area (Å²) >= 11 is 17.0. The highest BCUT2D eigenvalue weighted by Crippen LogP contribution is 2.22. The van der Waals surface area contributed by atoms with E-state index < -0.39 is 0 Å². The van der Waals surface area contributed by atoms with Crippen molar-refractivity contribution in [1.29, 1.82) is 0 Å². The molecule has 0 spiro atoms. The Morgan fingerprint density at radius 1 is 1.08 bits per heavy atom. The van der Waals surface area contributed by atoms with Crippen molar-refractivity contribution in [3.63, 3.8) is 0 Å². The van der Waals surface area contributed by atoms with Crippen molar-refractivity contribution in [2.75, 3.05) is 6.54 Å². The van der Waals surface area contributed by atoms with E-state index in [4.69, 9.17) is 40.5 Å². The van der Waals surface area contributed by atoms with E-state index in [0.717, 1.165) is 0 Å². The molecule has 0 aromatic carbocycles. The molecule has 0 unspecified atom stereocenters. The summed E-state index contributed by atoms with van der Waals surface area (Å²) in [6, 6.07) is 0.